The van der Waals surface area contributed by atoms with Crippen molar-refractivity contribution in [3.05, 3.63) is 48.0 Å². The molecule has 0 spiro atoms. The molecule has 0 aliphatic heterocycles. The van der Waals surface area contributed by atoms with E-state index in [0.29, 0.717) is 29.2 Å². The van der Waals surface area contributed by atoms with Gasteiger partial charge in [0.1, 0.15) is 11.3 Å². The molecule has 6 heteroatoms. The number of aromatic amines is 1. The number of rotatable bonds is 3. The Bertz CT molecular complexity index is 751. The van der Waals surface area contributed by atoms with Crippen molar-refractivity contribution < 1.29 is 4.79 Å². The Morgan fingerprint density at radius 1 is 1.25 bits per heavy atom. The molecular formula is C14H13N5O. The molecule has 0 bridgehead atoms. The molecule has 0 radical (unpaired) electrons. The summed E-state index contributed by atoms with van der Waals surface area (Å²) in [4.78, 5) is 27.1. The maximum Gasteiger partial charge on any atom is 0.222 e. The molecule has 0 aliphatic rings. The van der Waals surface area contributed by atoms with E-state index in [4.69, 9.17) is 0 Å². The lowest BCUT2D eigenvalue weighted by molar-refractivity contribution is -0.114. The zero-order valence-electron chi connectivity index (χ0n) is 10.9. The third kappa shape index (κ3) is 2.49. The molecule has 2 N–H and O–H groups in total. The Balaban J connectivity index is 2.01. The predicted molar refractivity (Wildman–Crippen MR) is 75.2 cm³/mol. The van der Waals surface area contributed by atoms with Crippen LogP contribution >= 0.6 is 0 Å². The lowest BCUT2D eigenvalue weighted by Gasteiger charge is -2.05. The second-order valence-corrected chi connectivity index (χ2v) is 4.43. The van der Waals surface area contributed by atoms with Gasteiger partial charge in [0.15, 0.2) is 11.5 Å². The van der Waals surface area contributed by atoms with Gasteiger partial charge in [-0.25, -0.2) is 15.0 Å². The van der Waals surface area contributed by atoms with Crippen LogP contribution in [0.3, 0.4) is 0 Å². The Kier molecular flexibility index (Phi) is 3.12. The Hall–Kier alpha value is -2.76. The summed E-state index contributed by atoms with van der Waals surface area (Å²) in [5.74, 6) is 0.913. The number of anilines is 1. The van der Waals surface area contributed by atoms with Crippen molar-refractivity contribution >= 4 is 22.9 Å². The highest BCUT2D eigenvalue weighted by molar-refractivity contribution is 5.95. The fourth-order valence-electron chi connectivity index (χ4n) is 1.99. The topological polar surface area (TPSA) is 83.6 Å². The van der Waals surface area contributed by atoms with Gasteiger partial charge < -0.3 is 10.3 Å². The average molecular weight is 267 g/mol. The van der Waals surface area contributed by atoms with E-state index in [1.54, 1.807) is 0 Å². The molecule has 2 aromatic heterocycles. The van der Waals surface area contributed by atoms with Crippen LogP contribution in [0.15, 0.2) is 36.7 Å². The zero-order chi connectivity index (χ0) is 13.9. The van der Waals surface area contributed by atoms with Crippen LogP contribution in [-0.4, -0.2) is 25.8 Å². The highest BCUT2D eigenvalue weighted by atomic mass is 16.1. The second kappa shape index (κ2) is 5.08. The Morgan fingerprint density at radius 2 is 2.05 bits per heavy atom. The molecule has 6 nitrogen and oxygen atoms in total. The first kappa shape index (κ1) is 12.3. The van der Waals surface area contributed by atoms with Gasteiger partial charge in [0.05, 0.1) is 6.33 Å². The first-order chi connectivity index (χ1) is 9.72. The van der Waals surface area contributed by atoms with Crippen molar-refractivity contribution in [2.45, 2.75) is 13.3 Å². The van der Waals surface area contributed by atoms with Gasteiger partial charge >= 0.3 is 0 Å². The van der Waals surface area contributed by atoms with E-state index in [2.05, 4.69) is 25.3 Å². The van der Waals surface area contributed by atoms with Gasteiger partial charge in [-0.3, -0.25) is 4.79 Å². The first-order valence-corrected chi connectivity index (χ1v) is 6.24. The van der Waals surface area contributed by atoms with Crippen LogP contribution < -0.4 is 5.32 Å². The average Bonchev–Trinajstić information content (AvgIpc) is 2.88. The molecule has 0 aliphatic carbocycles. The number of nitrogens with one attached hydrogen (secondary N) is 2. The summed E-state index contributed by atoms with van der Waals surface area (Å²) in [5, 5.41) is 2.70. The minimum Gasteiger partial charge on any atom is -0.340 e. The molecule has 0 saturated carbocycles. The van der Waals surface area contributed by atoms with E-state index in [9.17, 15) is 4.79 Å². The van der Waals surface area contributed by atoms with Crippen LogP contribution in [-0.2, 0) is 11.2 Å². The smallest absolute Gasteiger partial charge is 0.222 e. The van der Waals surface area contributed by atoms with E-state index in [-0.39, 0.29) is 5.91 Å². The standard InChI is InChI=1S/C14H13N5O/c1-9(20)17-14-12-13(16-8-15-12)18-11(19-14)7-10-5-3-2-4-6-10/h2-6,8H,7H2,1H3,(H2,15,16,17,18,19,20). The minimum atomic E-state index is -0.176. The van der Waals surface area contributed by atoms with Gasteiger partial charge in [-0.05, 0) is 5.56 Å². The number of fused-ring (bicyclic) bond motifs is 1. The number of carbonyl (C=O) groups is 1. The molecule has 20 heavy (non-hydrogen) atoms. The minimum absolute atomic E-state index is 0.176. The summed E-state index contributed by atoms with van der Waals surface area (Å²) >= 11 is 0. The number of amides is 1. The quantitative estimate of drug-likeness (QED) is 0.759. The fraction of sp³-hybridized carbons (Fsp3) is 0.143. The van der Waals surface area contributed by atoms with Crippen LogP contribution in [0.25, 0.3) is 11.2 Å². The number of carbonyl (C=O) groups excluding carboxylic acids is 1. The van der Waals surface area contributed by atoms with Crippen LogP contribution in [0.4, 0.5) is 5.82 Å². The van der Waals surface area contributed by atoms with Crippen molar-refractivity contribution in [2.75, 3.05) is 5.32 Å². The molecule has 0 saturated heterocycles. The van der Waals surface area contributed by atoms with Crippen molar-refractivity contribution in [1.29, 1.82) is 0 Å². The summed E-state index contributed by atoms with van der Waals surface area (Å²) in [6.45, 7) is 1.45. The number of aromatic nitrogens is 4. The summed E-state index contributed by atoms with van der Waals surface area (Å²) in [7, 11) is 0. The van der Waals surface area contributed by atoms with Crippen LogP contribution in [0.2, 0.25) is 0 Å². The van der Waals surface area contributed by atoms with E-state index >= 15 is 0 Å². The molecule has 3 aromatic rings. The van der Waals surface area contributed by atoms with Gasteiger partial charge in [0.25, 0.3) is 0 Å². The number of imidazole rings is 1. The maximum atomic E-state index is 11.2. The monoisotopic (exact) mass is 267 g/mol. The van der Waals surface area contributed by atoms with Crippen LogP contribution in [0, 0.1) is 0 Å². The summed E-state index contributed by atoms with van der Waals surface area (Å²) < 4.78 is 0. The van der Waals surface area contributed by atoms with E-state index < -0.39 is 0 Å². The number of hydrogen-bond donors (Lipinski definition) is 2. The molecule has 3 rings (SSSR count). The van der Waals surface area contributed by atoms with Gasteiger partial charge in [0.2, 0.25) is 5.91 Å². The molecular weight excluding hydrogens is 254 g/mol. The van der Waals surface area contributed by atoms with Crippen molar-refractivity contribution in [2.24, 2.45) is 0 Å². The molecule has 0 unspecified atom stereocenters. The lowest BCUT2D eigenvalue weighted by Crippen LogP contribution is -2.10. The Labute approximate surface area is 115 Å². The summed E-state index contributed by atoms with van der Waals surface area (Å²) in [5.41, 5.74) is 2.29. The van der Waals surface area contributed by atoms with Crippen LogP contribution in [0.5, 0.6) is 0 Å². The highest BCUT2D eigenvalue weighted by Crippen LogP contribution is 2.17. The van der Waals surface area contributed by atoms with Gasteiger partial charge in [0, 0.05) is 13.3 Å². The largest absolute Gasteiger partial charge is 0.340 e. The van der Waals surface area contributed by atoms with Crippen molar-refractivity contribution in [3.8, 4) is 0 Å². The zero-order valence-corrected chi connectivity index (χ0v) is 10.9. The molecule has 100 valence electrons. The maximum absolute atomic E-state index is 11.2. The highest BCUT2D eigenvalue weighted by Gasteiger charge is 2.11. The van der Waals surface area contributed by atoms with Crippen LogP contribution in [0.1, 0.15) is 18.3 Å². The van der Waals surface area contributed by atoms with Crippen molar-refractivity contribution in [1.82, 2.24) is 19.9 Å². The van der Waals surface area contributed by atoms with E-state index in [0.717, 1.165) is 5.56 Å². The SMILES string of the molecule is CC(=O)Nc1nc(Cc2ccccc2)nc2nc[nH]c12. The summed E-state index contributed by atoms with van der Waals surface area (Å²) in [6.07, 6.45) is 2.13. The van der Waals surface area contributed by atoms with Crippen molar-refractivity contribution in [3.63, 3.8) is 0 Å². The van der Waals surface area contributed by atoms with Gasteiger partial charge in [-0.2, -0.15) is 0 Å². The Morgan fingerprint density at radius 3 is 2.80 bits per heavy atom. The summed E-state index contributed by atoms with van der Waals surface area (Å²) in [6, 6.07) is 9.92. The van der Waals surface area contributed by atoms with Gasteiger partial charge in [-0.15, -0.1) is 0 Å². The third-order valence-electron chi connectivity index (χ3n) is 2.83. The third-order valence-corrected chi connectivity index (χ3v) is 2.83. The predicted octanol–water partition coefficient (Wildman–Crippen LogP) is 1.90. The molecule has 1 amide bonds. The normalized spacial score (nSPS) is 10.7. The molecule has 0 atom stereocenters. The number of hydrogen-bond acceptors (Lipinski definition) is 4. The number of benzene rings is 1. The van der Waals surface area contributed by atoms with E-state index in [1.165, 1.54) is 13.3 Å². The fourth-order valence-corrected chi connectivity index (χ4v) is 1.99. The number of H-pyrrole nitrogens is 1. The lowest BCUT2D eigenvalue weighted by atomic mass is 10.1. The molecule has 2 heterocycles. The van der Waals surface area contributed by atoms with Gasteiger partial charge in [-0.1, -0.05) is 30.3 Å². The second-order valence-electron chi connectivity index (χ2n) is 4.43. The number of nitrogens with zero attached hydrogens (tertiary/aromatic N) is 3. The first-order valence-electron chi connectivity index (χ1n) is 6.24. The van der Waals surface area contributed by atoms with E-state index in [1.807, 2.05) is 30.3 Å². The molecule has 0 fully saturated rings. The molecule has 1 aromatic carbocycles.